The molecule has 0 aliphatic carbocycles. The number of carbonyl (C=O) groups is 2. The van der Waals surface area contributed by atoms with Crippen molar-refractivity contribution in [3.05, 3.63) is 33.8 Å². The average Bonchev–Trinajstić information content (AvgIpc) is 2.45. The van der Waals surface area contributed by atoms with Crippen molar-refractivity contribution in [2.75, 3.05) is 14.1 Å². The molecule has 0 heterocycles. The molecule has 1 amide bonds. The largest absolute Gasteiger partial charge is 0.392 e. The molecule has 3 N–H and O–H groups in total. The third kappa shape index (κ3) is 5.60. The summed E-state index contributed by atoms with van der Waals surface area (Å²) in [5, 5.41) is 3.29. The number of ketones is 1. The first-order chi connectivity index (χ1) is 11.4. The molecule has 25 heavy (non-hydrogen) atoms. The second-order valence-corrected chi connectivity index (χ2v) is 7.93. The lowest BCUT2D eigenvalue weighted by atomic mass is 9.87. The number of nitrogens with two attached hydrogens (primary N) is 1. The van der Waals surface area contributed by atoms with Gasteiger partial charge in [0, 0.05) is 29.7 Å². The third-order valence-electron chi connectivity index (χ3n) is 3.40. The lowest BCUT2D eigenvalue weighted by Crippen LogP contribution is -2.56. The van der Waals surface area contributed by atoms with E-state index in [-0.39, 0.29) is 15.5 Å². The SMILES string of the molecule is CN(C)C(=S)C(C(=O)C(C)(C)NC(=O)c1cc(Cl)cc(Cl)c1)C(N)=S. The molecule has 1 aromatic carbocycles. The fourth-order valence-electron chi connectivity index (χ4n) is 2.08. The Hall–Kier alpha value is -1.28. The maximum Gasteiger partial charge on any atom is 0.252 e. The van der Waals surface area contributed by atoms with Gasteiger partial charge in [0.25, 0.3) is 5.91 Å². The van der Waals surface area contributed by atoms with Crippen molar-refractivity contribution < 1.29 is 9.59 Å². The number of hydrogen-bond acceptors (Lipinski definition) is 4. The second-order valence-electron chi connectivity index (χ2n) is 6.17. The number of Topliss-reactive ketones (excluding diaryl/α,β-unsaturated/α-hetero) is 1. The first-order valence-electron chi connectivity index (χ1n) is 7.20. The van der Waals surface area contributed by atoms with Crippen LogP contribution in [0.3, 0.4) is 0 Å². The molecule has 5 nitrogen and oxygen atoms in total. The summed E-state index contributed by atoms with van der Waals surface area (Å²) in [4.78, 5) is 27.2. The van der Waals surface area contributed by atoms with E-state index in [0.717, 1.165) is 0 Å². The van der Waals surface area contributed by atoms with Crippen LogP contribution < -0.4 is 11.1 Å². The number of amides is 1. The molecule has 0 saturated heterocycles. The first-order valence-corrected chi connectivity index (χ1v) is 8.77. The number of thiocarbonyl (C=S) groups is 2. The topological polar surface area (TPSA) is 75.4 Å². The van der Waals surface area contributed by atoms with Crippen LogP contribution >= 0.6 is 47.6 Å². The van der Waals surface area contributed by atoms with E-state index in [1.54, 1.807) is 32.8 Å². The van der Waals surface area contributed by atoms with Gasteiger partial charge in [0.05, 0.1) is 15.5 Å². The molecule has 1 rings (SSSR count). The maximum atomic E-state index is 12.9. The molecule has 0 aliphatic rings. The number of halogens is 2. The van der Waals surface area contributed by atoms with Crippen molar-refractivity contribution in [2.45, 2.75) is 19.4 Å². The summed E-state index contributed by atoms with van der Waals surface area (Å²) in [7, 11) is 3.39. The third-order valence-corrected chi connectivity index (χ3v) is 4.67. The average molecular weight is 420 g/mol. The smallest absolute Gasteiger partial charge is 0.252 e. The first kappa shape index (κ1) is 21.8. The van der Waals surface area contributed by atoms with E-state index in [1.165, 1.54) is 18.2 Å². The highest BCUT2D eigenvalue weighted by molar-refractivity contribution is 7.82. The zero-order valence-electron chi connectivity index (χ0n) is 14.2. The second kappa shape index (κ2) is 8.40. The zero-order chi connectivity index (χ0) is 19.5. The lowest BCUT2D eigenvalue weighted by molar-refractivity contribution is -0.124. The minimum Gasteiger partial charge on any atom is -0.392 e. The highest BCUT2D eigenvalue weighted by Crippen LogP contribution is 2.21. The van der Waals surface area contributed by atoms with Crippen LogP contribution in [0, 0.1) is 5.92 Å². The van der Waals surface area contributed by atoms with E-state index < -0.39 is 23.1 Å². The summed E-state index contributed by atoms with van der Waals surface area (Å²) in [6, 6.07) is 4.42. The van der Waals surface area contributed by atoms with Crippen LogP contribution in [0.5, 0.6) is 0 Å². The van der Waals surface area contributed by atoms with Gasteiger partial charge in [0.1, 0.15) is 5.92 Å². The predicted octanol–water partition coefficient (Wildman–Crippen LogP) is 2.86. The molecule has 0 spiro atoms. The normalized spacial score (nSPS) is 12.2. The Balaban J connectivity index is 3.09. The van der Waals surface area contributed by atoms with Gasteiger partial charge >= 0.3 is 0 Å². The highest BCUT2D eigenvalue weighted by atomic mass is 35.5. The molecule has 0 aromatic heterocycles. The fraction of sp³-hybridized carbons (Fsp3) is 0.375. The van der Waals surface area contributed by atoms with E-state index in [4.69, 9.17) is 53.4 Å². The molecule has 1 aromatic rings. The van der Waals surface area contributed by atoms with Crippen molar-refractivity contribution in [1.29, 1.82) is 0 Å². The Morgan fingerprint density at radius 3 is 2.04 bits per heavy atom. The summed E-state index contributed by atoms with van der Waals surface area (Å²) >= 11 is 22.1. The Labute approximate surface area is 167 Å². The summed E-state index contributed by atoms with van der Waals surface area (Å²) < 4.78 is 0. The van der Waals surface area contributed by atoms with Crippen molar-refractivity contribution in [3.63, 3.8) is 0 Å². The minimum atomic E-state index is -1.26. The lowest BCUT2D eigenvalue weighted by Gasteiger charge is -2.31. The molecular formula is C16H19Cl2N3O2S2. The van der Waals surface area contributed by atoms with Gasteiger partial charge in [-0.15, -0.1) is 0 Å². The van der Waals surface area contributed by atoms with Crippen LogP contribution in [0.2, 0.25) is 10.0 Å². The van der Waals surface area contributed by atoms with Crippen molar-refractivity contribution in [3.8, 4) is 0 Å². The van der Waals surface area contributed by atoms with Gasteiger partial charge in [-0.05, 0) is 32.0 Å². The Kier molecular flexibility index (Phi) is 7.31. The van der Waals surface area contributed by atoms with Gasteiger partial charge in [-0.3, -0.25) is 9.59 Å². The van der Waals surface area contributed by atoms with Crippen LogP contribution in [-0.4, -0.2) is 46.2 Å². The highest BCUT2D eigenvalue weighted by Gasteiger charge is 2.39. The van der Waals surface area contributed by atoms with Crippen LogP contribution in [0.4, 0.5) is 0 Å². The molecule has 136 valence electrons. The van der Waals surface area contributed by atoms with Gasteiger partial charge in [-0.25, -0.2) is 0 Å². The number of rotatable bonds is 6. The molecule has 0 saturated carbocycles. The van der Waals surface area contributed by atoms with E-state index in [0.29, 0.717) is 10.0 Å². The van der Waals surface area contributed by atoms with Crippen molar-refractivity contribution >= 4 is 69.3 Å². The van der Waals surface area contributed by atoms with E-state index in [2.05, 4.69) is 5.32 Å². The van der Waals surface area contributed by atoms with E-state index in [9.17, 15) is 9.59 Å². The number of benzene rings is 1. The Morgan fingerprint density at radius 1 is 1.16 bits per heavy atom. The predicted molar refractivity (Wildman–Crippen MR) is 110 cm³/mol. The number of carbonyl (C=O) groups excluding carboxylic acids is 2. The Morgan fingerprint density at radius 2 is 1.64 bits per heavy atom. The summed E-state index contributed by atoms with van der Waals surface area (Å²) in [5.74, 6) is -1.86. The van der Waals surface area contributed by atoms with E-state index >= 15 is 0 Å². The Bertz CT molecular complexity index is 716. The molecular weight excluding hydrogens is 401 g/mol. The van der Waals surface area contributed by atoms with Gasteiger partial charge < -0.3 is 16.0 Å². The number of nitrogens with zero attached hydrogens (tertiary/aromatic N) is 1. The standard InChI is InChI=1S/C16H19Cl2N3O2S2/c1-16(2,12(22)11(13(19)24)15(25)21(3)4)20-14(23)8-5-9(17)7-10(18)6-8/h5-7,11H,1-4H3,(H2,19,24)(H,20,23). The molecule has 0 aliphatic heterocycles. The quantitative estimate of drug-likeness (QED) is 0.690. The van der Waals surface area contributed by atoms with Crippen LogP contribution in [0.25, 0.3) is 0 Å². The van der Waals surface area contributed by atoms with Crippen LogP contribution in [0.15, 0.2) is 18.2 Å². The summed E-state index contributed by atoms with van der Waals surface area (Å²) in [6.45, 7) is 3.12. The van der Waals surface area contributed by atoms with Crippen molar-refractivity contribution in [1.82, 2.24) is 10.2 Å². The zero-order valence-corrected chi connectivity index (χ0v) is 17.4. The molecule has 0 fully saturated rings. The van der Waals surface area contributed by atoms with E-state index in [1.807, 2.05) is 0 Å². The van der Waals surface area contributed by atoms with Gasteiger partial charge in [-0.1, -0.05) is 47.6 Å². The molecule has 1 atom stereocenters. The minimum absolute atomic E-state index is 0.0446. The molecule has 0 bridgehead atoms. The van der Waals surface area contributed by atoms with Gasteiger partial charge in [-0.2, -0.15) is 0 Å². The monoisotopic (exact) mass is 419 g/mol. The summed E-state index contributed by atoms with van der Waals surface area (Å²) in [5.41, 5.74) is 4.68. The fourth-order valence-corrected chi connectivity index (χ4v) is 3.14. The number of hydrogen-bond donors (Lipinski definition) is 2. The molecule has 0 radical (unpaired) electrons. The molecule has 9 heteroatoms. The van der Waals surface area contributed by atoms with Crippen LogP contribution in [-0.2, 0) is 4.79 Å². The van der Waals surface area contributed by atoms with Crippen LogP contribution in [0.1, 0.15) is 24.2 Å². The summed E-state index contributed by atoms with van der Waals surface area (Å²) in [6.07, 6.45) is 0. The molecule has 1 unspecified atom stereocenters. The van der Waals surface area contributed by atoms with Gasteiger partial charge in [0.2, 0.25) is 0 Å². The number of nitrogens with one attached hydrogen (secondary N) is 1. The van der Waals surface area contributed by atoms with Gasteiger partial charge in [0.15, 0.2) is 5.78 Å². The maximum absolute atomic E-state index is 12.9. The van der Waals surface area contributed by atoms with Crippen molar-refractivity contribution in [2.24, 2.45) is 11.7 Å².